The van der Waals surface area contributed by atoms with Crippen molar-refractivity contribution in [2.75, 3.05) is 6.54 Å². The Balaban J connectivity index is 2.03. The van der Waals surface area contributed by atoms with Crippen molar-refractivity contribution in [3.63, 3.8) is 0 Å². The summed E-state index contributed by atoms with van der Waals surface area (Å²) in [5.41, 5.74) is 5.57. The molecule has 0 aromatic rings. The van der Waals surface area contributed by atoms with Gasteiger partial charge in [-0.1, -0.05) is 6.42 Å². The highest BCUT2D eigenvalue weighted by Crippen LogP contribution is 2.25. The summed E-state index contributed by atoms with van der Waals surface area (Å²) in [4.78, 5) is 11.4. The molecule has 0 saturated heterocycles. The molecule has 1 saturated carbocycles. The Morgan fingerprint density at radius 1 is 1.50 bits per heavy atom. The van der Waals surface area contributed by atoms with Gasteiger partial charge in [0.05, 0.1) is 0 Å². The van der Waals surface area contributed by atoms with Gasteiger partial charge in [0.25, 0.3) is 0 Å². The van der Waals surface area contributed by atoms with E-state index in [1.165, 1.54) is 19.3 Å². The first-order valence-corrected chi connectivity index (χ1v) is 5.53. The van der Waals surface area contributed by atoms with E-state index in [4.69, 9.17) is 5.73 Å². The maximum atomic E-state index is 11.4. The van der Waals surface area contributed by atoms with Crippen LogP contribution in [0.5, 0.6) is 0 Å². The number of carbonyl (C=O) groups excluding carboxylic acids is 1. The Hall–Kier alpha value is -0.570. The molecule has 1 aliphatic rings. The number of nitrogens with two attached hydrogens (primary N) is 1. The third kappa shape index (κ3) is 4.61. The van der Waals surface area contributed by atoms with Crippen LogP contribution < -0.4 is 11.1 Å². The molecule has 3 nitrogen and oxygen atoms in total. The van der Waals surface area contributed by atoms with Crippen LogP contribution in [0.2, 0.25) is 0 Å². The maximum absolute atomic E-state index is 11.4. The molecule has 1 rings (SSSR count). The first-order valence-electron chi connectivity index (χ1n) is 5.53. The van der Waals surface area contributed by atoms with Gasteiger partial charge in [-0.25, -0.2) is 0 Å². The second-order valence-corrected chi connectivity index (χ2v) is 5.09. The van der Waals surface area contributed by atoms with Gasteiger partial charge in [-0.05, 0) is 39.0 Å². The Kier molecular flexibility index (Phi) is 3.93. The first-order chi connectivity index (χ1) is 6.47. The van der Waals surface area contributed by atoms with Crippen LogP contribution in [0.1, 0.15) is 46.0 Å². The topological polar surface area (TPSA) is 55.1 Å². The molecular weight excluding hydrogens is 176 g/mol. The lowest BCUT2D eigenvalue weighted by atomic mass is 9.85. The molecule has 1 fully saturated rings. The van der Waals surface area contributed by atoms with Gasteiger partial charge >= 0.3 is 0 Å². The molecule has 0 aromatic heterocycles. The van der Waals surface area contributed by atoms with Gasteiger partial charge in [0, 0.05) is 18.5 Å². The van der Waals surface area contributed by atoms with Crippen LogP contribution in [0.4, 0.5) is 0 Å². The third-order valence-corrected chi connectivity index (χ3v) is 2.81. The smallest absolute Gasteiger partial charge is 0.220 e. The van der Waals surface area contributed by atoms with Crippen molar-refractivity contribution in [2.45, 2.75) is 51.5 Å². The molecule has 0 atom stereocenters. The number of rotatable bonds is 5. The van der Waals surface area contributed by atoms with Crippen LogP contribution in [0.3, 0.4) is 0 Å². The molecule has 0 aliphatic heterocycles. The van der Waals surface area contributed by atoms with E-state index in [0.29, 0.717) is 6.42 Å². The lowest BCUT2D eigenvalue weighted by Gasteiger charge is -2.25. The van der Waals surface area contributed by atoms with Crippen molar-refractivity contribution in [1.29, 1.82) is 0 Å². The van der Waals surface area contributed by atoms with Crippen molar-refractivity contribution in [3.8, 4) is 0 Å². The first kappa shape index (κ1) is 11.5. The van der Waals surface area contributed by atoms with E-state index in [1.807, 2.05) is 13.8 Å². The molecule has 1 aliphatic carbocycles. The minimum absolute atomic E-state index is 0.149. The Bertz CT molecular complexity index is 192. The molecule has 0 aromatic carbocycles. The highest BCUT2D eigenvalue weighted by molar-refractivity contribution is 5.75. The lowest BCUT2D eigenvalue weighted by molar-refractivity contribution is -0.121. The molecule has 82 valence electrons. The molecule has 14 heavy (non-hydrogen) atoms. The molecule has 1 amide bonds. The summed E-state index contributed by atoms with van der Waals surface area (Å²) in [6.45, 7) is 4.77. The number of nitrogens with one attached hydrogen (secondary N) is 1. The molecule has 3 N–H and O–H groups in total. The quantitative estimate of drug-likeness (QED) is 0.702. The second kappa shape index (κ2) is 4.78. The summed E-state index contributed by atoms with van der Waals surface area (Å²) in [6, 6.07) is 0. The SMILES string of the molecule is CC(C)(N)CCC(=O)NCC1CCC1. The lowest BCUT2D eigenvalue weighted by Crippen LogP contribution is -2.36. The van der Waals surface area contributed by atoms with Crippen LogP contribution in [-0.2, 0) is 4.79 Å². The standard InChI is InChI=1S/C11H22N2O/c1-11(2,12)7-6-10(14)13-8-9-4-3-5-9/h9H,3-8,12H2,1-2H3,(H,13,14). The number of hydrogen-bond acceptors (Lipinski definition) is 2. The van der Waals surface area contributed by atoms with E-state index < -0.39 is 0 Å². The Morgan fingerprint density at radius 3 is 2.57 bits per heavy atom. The van der Waals surface area contributed by atoms with Gasteiger partial charge in [-0.3, -0.25) is 4.79 Å². The number of amides is 1. The van der Waals surface area contributed by atoms with Crippen molar-refractivity contribution >= 4 is 5.91 Å². The summed E-state index contributed by atoms with van der Waals surface area (Å²) >= 11 is 0. The molecule has 0 radical (unpaired) electrons. The number of carbonyl (C=O) groups is 1. The zero-order valence-electron chi connectivity index (χ0n) is 9.31. The van der Waals surface area contributed by atoms with E-state index in [9.17, 15) is 4.79 Å². The maximum Gasteiger partial charge on any atom is 0.220 e. The van der Waals surface area contributed by atoms with Crippen LogP contribution in [0, 0.1) is 5.92 Å². The average Bonchev–Trinajstić information content (AvgIpc) is 1.96. The van der Waals surface area contributed by atoms with Gasteiger partial charge in [0.2, 0.25) is 5.91 Å². The molecule has 0 spiro atoms. The highest BCUT2D eigenvalue weighted by Gasteiger charge is 2.18. The van der Waals surface area contributed by atoms with Crippen LogP contribution in [0.25, 0.3) is 0 Å². The normalized spacial score (nSPS) is 17.6. The van der Waals surface area contributed by atoms with Crippen LogP contribution >= 0.6 is 0 Å². The van der Waals surface area contributed by atoms with Crippen molar-refractivity contribution in [1.82, 2.24) is 5.32 Å². The van der Waals surface area contributed by atoms with E-state index in [0.717, 1.165) is 18.9 Å². The zero-order valence-corrected chi connectivity index (χ0v) is 9.31. The van der Waals surface area contributed by atoms with Gasteiger partial charge in [0.1, 0.15) is 0 Å². The average molecular weight is 198 g/mol. The Labute approximate surface area is 86.4 Å². The Morgan fingerprint density at radius 2 is 2.14 bits per heavy atom. The van der Waals surface area contributed by atoms with Gasteiger partial charge in [-0.2, -0.15) is 0 Å². The van der Waals surface area contributed by atoms with Crippen LogP contribution in [-0.4, -0.2) is 18.0 Å². The number of hydrogen-bond donors (Lipinski definition) is 2. The third-order valence-electron chi connectivity index (χ3n) is 2.81. The minimum atomic E-state index is -0.228. The molecular formula is C11H22N2O. The van der Waals surface area contributed by atoms with Crippen LogP contribution in [0.15, 0.2) is 0 Å². The fourth-order valence-corrected chi connectivity index (χ4v) is 1.48. The van der Waals surface area contributed by atoms with Crippen molar-refractivity contribution in [2.24, 2.45) is 11.7 Å². The summed E-state index contributed by atoms with van der Waals surface area (Å²) in [5, 5.41) is 2.96. The zero-order chi connectivity index (χ0) is 10.6. The van der Waals surface area contributed by atoms with Gasteiger partial charge in [0.15, 0.2) is 0 Å². The fraction of sp³-hybridized carbons (Fsp3) is 0.909. The van der Waals surface area contributed by atoms with Crippen molar-refractivity contribution in [3.05, 3.63) is 0 Å². The molecule has 0 heterocycles. The summed E-state index contributed by atoms with van der Waals surface area (Å²) in [5.74, 6) is 0.889. The van der Waals surface area contributed by atoms with E-state index >= 15 is 0 Å². The van der Waals surface area contributed by atoms with E-state index in [2.05, 4.69) is 5.32 Å². The largest absolute Gasteiger partial charge is 0.356 e. The van der Waals surface area contributed by atoms with E-state index in [-0.39, 0.29) is 11.4 Å². The van der Waals surface area contributed by atoms with Gasteiger partial charge in [-0.15, -0.1) is 0 Å². The summed E-state index contributed by atoms with van der Waals surface area (Å²) in [7, 11) is 0. The summed E-state index contributed by atoms with van der Waals surface area (Å²) in [6.07, 6.45) is 5.20. The van der Waals surface area contributed by atoms with Gasteiger partial charge < -0.3 is 11.1 Å². The monoisotopic (exact) mass is 198 g/mol. The predicted octanol–water partition coefficient (Wildman–Crippen LogP) is 1.42. The highest BCUT2D eigenvalue weighted by atomic mass is 16.1. The summed E-state index contributed by atoms with van der Waals surface area (Å²) < 4.78 is 0. The molecule has 3 heteroatoms. The molecule has 0 unspecified atom stereocenters. The fourth-order valence-electron chi connectivity index (χ4n) is 1.48. The second-order valence-electron chi connectivity index (χ2n) is 5.09. The van der Waals surface area contributed by atoms with Crippen molar-refractivity contribution < 1.29 is 4.79 Å². The van der Waals surface area contributed by atoms with E-state index in [1.54, 1.807) is 0 Å². The molecule has 0 bridgehead atoms. The minimum Gasteiger partial charge on any atom is -0.356 e. The predicted molar refractivity (Wildman–Crippen MR) is 57.9 cm³/mol.